The molecule has 4 heteroatoms. The highest BCUT2D eigenvalue weighted by molar-refractivity contribution is 7.94. The number of quaternary nitrogens is 1. The van der Waals surface area contributed by atoms with Crippen LogP contribution >= 0.6 is 0 Å². The highest BCUT2D eigenvalue weighted by Gasteiger charge is 2.11. The number of hydrogen-bond donors (Lipinski definition) is 1. The Labute approximate surface area is 126 Å². The van der Waals surface area contributed by atoms with Gasteiger partial charge < -0.3 is 5.73 Å². The molecule has 0 fully saturated rings. The zero-order chi connectivity index (χ0) is 15.1. The Bertz CT molecular complexity index is 679. The smallest absolute Gasteiger partial charge is 0.199 e. The van der Waals surface area contributed by atoms with Gasteiger partial charge in [-0.25, -0.2) is 8.42 Å². The number of sulfone groups is 1. The molecule has 0 spiro atoms. The predicted molar refractivity (Wildman–Crippen MR) is 84.2 cm³/mol. The van der Waals surface area contributed by atoms with Crippen LogP contribution in [-0.4, -0.2) is 14.5 Å². The lowest BCUT2D eigenvalue weighted by Crippen LogP contribution is -2.59. The lowest BCUT2D eigenvalue weighted by molar-refractivity contribution is -0.404. The molecule has 2 aromatic rings. The monoisotopic (exact) mass is 302 g/mol. The standard InChI is InChI=1S/C17H19NO2S/c18-16(12-11-15-7-3-1-4-8-15)13-14-21(19,20)17-9-5-2-6-10-17/h1-10,13-14,16H,11-12,18H2/p+1/b14-13+. The van der Waals surface area contributed by atoms with Gasteiger partial charge in [0, 0.05) is 11.8 Å². The van der Waals surface area contributed by atoms with Gasteiger partial charge in [-0.1, -0.05) is 48.5 Å². The zero-order valence-corrected chi connectivity index (χ0v) is 12.7. The summed E-state index contributed by atoms with van der Waals surface area (Å²) in [4.78, 5) is 0.316. The van der Waals surface area contributed by atoms with Gasteiger partial charge in [0.05, 0.1) is 4.90 Å². The Morgan fingerprint density at radius 3 is 2.14 bits per heavy atom. The van der Waals surface area contributed by atoms with Crippen molar-refractivity contribution in [3.63, 3.8) is 0 Å². The first-order valence-corrected chi connectivity index (χ1v) is 8.48. The van der Waals surface area contributed by atoms with Crippen LogP contribution in [0.25, 0.3) is 0 Å². The van der Waals surface area contributed by atoms with Gasteiger partial charge >= 0.3 is 0 Å². The van der Waals surface area contributed by atoms with E-state index in [-0.39, 0.29) is 6.04 Å². The Morgan fingerprint density at radius 1 is 0.952 bits per heavy atom. The molecule has 3 N–H and O–H groups in total. The average Bonchev–Trinajstić information content (AvgIpc) is 2.53. The molecule has 1 atom stereocenters. The minimum atomic E-state index is -3.36. The third-order valence-corrected chi connectivity index (χ3v) is 4.69. The maximum Gasteiger partial charge on any atom is 0.199 e. The molecule has 3 nitrogen and oxygen atoms in total. The summed E-state index contributed by atoms with van der Waals surface area (Å²) in [5, 5.41) is 1.27. The van der Waals surface area contributed by atoms with Crippen LogP contribution in [0.5, 0.6) is 0 Å². The molecular formula is C17H20NO2S+. The maximum absolute atomic E-state index is 12.1. The van der Waals surface area contributed by atoms with Crippen LogP contribution in [0.4, 0.5) is 0 Å². The van der Waals surface area contributed by atoms with Crippen LogP contribution in [0.2, 0.25) is 0 Å². The molecule has 0 aliphatic heterocycles. The summed E-state index contributed by atoms with van der Waals surface area (Å²) in [6.07, 6.45) is 3.39. The van der Waals surface area contributed by atoms with Gasteiger partial charge in [0.25, 0.3) is 0 Å². The van der Waals surface area contributed by atoms with Gasteiger partial charge in [-0.2, -0.15) is 0 Å². The molecule has 0 saturated carbocycles. The molecule has 2 aromatic carbocycles. The van der Waals surface area contributed by atoms with Crippen LogP contribution in [0.3, 0.4) is 0 Å². The van der Waals surface area contributed by atoms with Gasteiger partial charge in [0.15, 0.2) is 9.84 Å². The van der Waals surface area contributed by atoms with E-state index in [2.05, 4.69) is 17.9 Å². The van der Waals surface area contributed by atoms with Gasteiger partial charge in [-0.05, 0) is 30.2 Å². The molecule has 0 radical (unpaired) electrons. The molecule has 2 rings (SSSR count). The Kier molecular flexibility index (Phi) is 5.31. The quantitative estimate of drug-likeness (QED) is 0.889. The van der Waals surface area contributed by atoms with E-state index in [1.807, 2.05) is 18.2 Å². The maximum atomic E-state index is 12.1. The fraction of sp³-hybridized carbons (Fsp3) is 0.176. The van der Waals surface area contributed by atoms with Crippen molar-refractivity contribution in [1.82, 2.24) is 0 Å². The number of benzene rings is 2. The molecule has 0 heterocycles. The molecule has 21 heavy (non-hydrogen) atoms. The highest BCUT2D eigenvalue weighted by Crippen LogP contribution is 2.12. The molecule has 0 aromatic heterocycles. The van der Waals surface area contributed by atoms with E-state index in [4.69, 9.17) is 0 Å². The van der Waals surface area contributed by atoms with E-state index in [0.29, 0.717) is 4.90 Å². The molecule has 0 saturated heterocycles. The summed E-state index contributed by atoms with van der Waals surface area (Å²) >= 11 is 0. The number of rotatable bonds is 6. The SMILES string of the molecule is [NH3+]C(/C=C/S(=O)(=O)c1ccccc1)CCc1ccccc1. The first-order chi connectivity index (χ1) is 10.1. The first-order valence-electron chi connectivity index (χ1n) is 6.93. The molecule has 0 aliphatic carbocycles. The Morgan fingerprint density at radius 2 is 1.52 bits per heavy atom. The van der Waals surface area contributed by atoms with Crippen LogP contribution in [0.15, 0.2) is 77.0 Å². The summed E-state index contributed by atoms with van der Waals surface area (Å²) in [5.74, 6) is 0. The summed E-state index contributed by atoms with van der Waals surface area (Å²) in [6.45, 7) is 0. The number of aryl methyl sites for hydroxylation is 1. The van der Waals surface area contributed by atoms with Crippen LogP contribution in [0.1, 0.15) is 12.0 Å². The molecule has 0 aliphatic rings. The minimum absolute atomic E-state index is 0.0244. The van der Waals surface area contributed by atoms with Crippen molar-refractivity contribution in [2.24, 2.45) is 0 Å². The summed E-state index contributed by atoms with van der Waals surface area (Å²) < 4.78 is 24.2. The fourth-order valence-corrected chi connectivity index (χ4v) is 3.12. The fourth-order valence-electron chi connectivity index (χ4n) is 2.00. The van der Waals surface area contributed by atoms with Crippen molar-refractivity contribution >= 4 is 9.84 Å². The van der Waals surface area contributed by atoms with Crippen molar-refractivity contribution in [1.29, 1.82) is 0 Å². The van der Waals surface area contributed by atoms with Crippen molar-refractivity contribution in [2.45, 2.75) is 23.8 Å². The van der Waals surface area contributed by atoms with E-state index >= 15 is 0 Å². The van der Waals surface area contributed by atoms with Gasteiger partial charge in [0.2, 0.25) is 0 Å². The van der Waals surface area contributed by atoms with Crippen molar-refractivity contribution in [3.8, 4) is 0 Å². The van der Waals surface area contributed by atoms with Crippen LogP contribution in [-0.2, 0) is 16.3 Å². The molecule has 0 bridgehead atoms. The lowest BCUT2D eigenvalue weighted by Gasteiger charge is -2.04. The van der Waals surface area contributed by atoms with Crippen LogP contribution < -0.4 is 5.73 Å². The number of hydrogen-bond acceptors (Lipinski definition) is 2. The predicted octanol–water partition coefficient (Wildman–Crippen LogP) is 2.22. The van der Waals surface area contributed by atoms with Crippen molar-refractivity contribution < 1.29 is 14.2 Å². The van der Waals surface area contributed by atoms with E-state index < -0.39 is 9.84 Å². The Hall–Kier alpha value is -1.91. The molecule has 0 amide bonds. The second kappa shape index (κ2) is 7.20. The topological polar surface area (TPSA) is 61.8 Å². The van der Waals surface area contributed by atoms with Gasteiger partial charge in [-0.3, -0.25) is 0 Å². The van der Waals surface area contributed by atoms with Gasteiger partial charge in [0.1, 0.15) is 6.04 Å². The summed E-state index contributed by atoms with van der Waals surface area (Å²) in [6, 6.07) is 18.5. The lowest BCUT2D eigenvalue weighted by atomic mass is 10.1. The van der Waals surface area contributed by atoms with Crippen molar-refractivity contribution in [2.75, 3.05) is 0 Å². The highest BCUT2D eigenvalue weighted by atomic mass is 32.2. The third-order valence-electron chi connectivity index (χ3n) is 3.25. The molecule has 110 valence electrons. The summed E-state index contributed by atoms with van der Waals surface area (Å²) in [7, 11) is -3.36. The minimum Gasteiger partial charge on any atom is -0.352 e. The second-order valence-corrected chi connectivity index (χ2v) is 6.80. The second-order valence-electron chi connectivity index (χ2n) is 4.97. The average molecular weight is 302 g/mol. The van der Waals surface area contributed by atoms with Gasteiger partial charge in [-0.15, -0.1) is 0 Å². The van der Waals surface area contributed by atoms with Crippen LogP contribution in [0, 0.1) is 0 Å². The van der Waals surface area contributed by atoms with E-state index in [9.17, 15) is 8.42 Å². The largest absolute Gasteiger partial charge is 0.352 e. The van der Waals surface area contributed by atoms with E-state index in [0.717, 1.165) is 12.8 Å². The molecule has 1 unspecified atom stereocenters. The van der Waals surface area contributed by atoms with E-state index in [1.165, 1.54) is 11.0 Å². The van der Waals surface area contributed by atoms with E-state index in [1.54, 1.807) is 36.4 Å². The summed E-state index contributed by atoms with van der Waals surface area (Å²) in [5.41, 5.74) is 5.24. The third kappa shape index (κ3) is 4.85. The molecular weight excluding hydrogens is 282 g/mol. The Balaban J connectivity index is 1.94. The van der Waals surface area contributed by atoms with Crippen molar-refractivity contribution in [3.05, 3.63) is 77.7 Å². The zero-order valence-electron chi connectivity index (χ0n) is 11.9. The first kappa shape index (κ1) is 15.5. The normalized spacial score (nSPS) is 13.4.